The molecule has 2 amide bonds. The van der Waals surface area contributed by atoms with Gasteiger partial charge >= 0.3 is 0 Å². The molecule has 1 atom stereocenters. The van der Waals surface area contributed by atoms with Gasteiger partial charge in [-0.3, -0.25) is 14.4 Å². The van der Waals surface area contributed by atoms with Crippen molar-refractivity contribution in [3.05, 3.63) is 34.2 Å². The van der Waals surface area contributed by atoms with Crippen molar-refractivity contribution in [3.63, 3.8) is 0 Å². The van der Waals surface area contributed by atoms with Crippen LogP contribution in [-0.4, -0.2) is 65.5 Å². The minimum atomic E-state index is -0.384. The number of pyridine rings is 1. The highest BCUT2D eigenvalue weighted by Gasteiger charge is 2.31. The molecule has 22 heavy (non-hydrogen) atoms. The maximum Gasteiger partial charge on any atom is 0.260 e. The average Bonchev–Trinajstić information content (AvgIpc) is 3.09. The number of carbonyl (C=O) groups excluding carboxylic acids is 2. The molecular formula is C15H19N3O4. The summed E-state index contributed by atoms with van der Waals surface area (Å²) in [7, 11) is 0. The molecule has 2 saturated heterocycles. The Labute approximate surface area is 127 Å². The predicted octanol–water partition coefficient (Wildman–Crippen LogP) is -0.162. The minimum Gasteiger partial charge on any atom is -0.368 e. The van der Waals surface area contributed by atoms with Gasteiger partial charge in [-0.25, -0.2) is 0 Å². The molecule has 118 valence electrons. The zero-order chi connectivity index (χ0) is 15.5. The van der Waals surface area contributed by atoms with Gasteiger partial charge in [0, 0.05) is 39.0 Å². The van der Waals surface area contributed by atoms with Gasteiger partial charge in [0.15, 0.2) is 0 Å². The third-order valence-corrected chi connectivity index (χ3v) is 4.13. The molecule has 1 unspecified atom stereocenters. The van der Waals surface area contributed by atoms with Crippen LogP contribution in [-0.2, 0) is 9.53 Å². The van der Waals surface area contributed by atoms with Gasteiger partial charge in [0.1, 0.15) is 11.7 Å². The van der Waals surface area contributed by atoms with E-state index < -0.39 is 0 Å². The first-order valence-corrected chi connectivity index (χ1v) is 7.54. The Morgan fingerprint density at radius 1 is 1.18 bits per heavy atom. The Morgan fingerprint density at radius 2 is 1.91 bits per heavy atom. The van der Waals surface area contributed by atoms with E-state index in [4.69, 9.17) is 4.74 Å². The Kier molecular flexibility index (Phi) is 4.24. The van der Waals surface area contributed by atoms with E-state index in [0.29, 0.717) is 32.8 Å². The van der Waals surface area contributed by atoms with Crippen LogP contribution in [0.3, 0.4) is 0 Å². The molecule has 2 fully saturated rings. The Morgan fingerprint density at radius 3 is 2.55 bits per heavy atom. The third-order valence-electron chi connectivity index (χ3n) is 4.13. The molecule has 2 aliphatic heterocycles. The molecule has 0 radical (unpaired) electrons. The monoisotopic (exact) mass is 305 g/mol. The summed E-state index contributed by atoms with van der Waals surface area (Å²) in [4.78, 5) is 42.1. The normalized spacial score (nSPS) is 21.9. The second-order valence-electron chi connectivity index (χ2n) is 5.53. The van der Waals surface area contributed by atoms with Crippen LogP contribution in [0.2, 0.25) is 0 Å². The summed E-state index contributed by atoms with van der Waals surface area (Å²) in [6.45, 7) is 2.48. The van der Waals surface area contributed by atoms with Gasteiger partial charge < -0.3 is 19.5 Å². The highest BCUT2D eigenvalue weighted by molar-refractivity contribution is 5.94. The van der Waals surface area contributed by atoms with E-state index in [1.165, 1.54) is 12.3 Å². The fourth-order valence-electron chi connectivity index (χ4n) is 2.87. The molecule has 1 aromatic rings. The fraction of sp³-hybridized carbons (Fsp3) is 0.533. The molecule has 0 bridgehead atoms. The minimum absolute atomic E-state index is 0.0159. The van der Waals surface area contributed by atoms with Crippen LogP contribution < -0.4 is 5.56 Å². The first-order valence-electron chi connectivity index (χ1n) is 7.54. The van der Waals surface area contributed by atoms with Crippen molar-refractivity contribution in [2.45, 2.75) is 18.9 Å². The van der Waals surface area contributed by atoms with Crippen molar-refractivity contribution in [2.24, 2.45) is 0 Å². The van der Waals surface area contributed by atoms with Gasteiger partial charge in [-0.1, -0.05) is 0 Å². The zero-order valence-electron chi connectivity index (χ0n) is 12.3. The number of carbonyl (C=O) groups is 2. The molecule has 2 aliphatic rings. The molecule has 7 heteroatoms. The van der Waals surface area contributed by atoms with E-state index in [0.717, 1.165) is 12.8 Å². The van der Waals surface area contributed by atoms with Crippen molar-refractivity contribution in [1.82, 2.24) is 14.8 Å². The molecule has 1 N–H and O–H groups in total. The summed E-state index contributed by atoms with van der Waals surface area (Å²) in [5.41, 5.74) is -0.244. The summed E-state index contributed by atoms with van der Waals surface area (Å²) >= 11 is 0. The van der Waals surface area contributed by atoms with Gasteiger partial charge in [-0.05, 0) is 25.0 Å². The average molecular weight is 305 g/mol. The summed E-state index contributed by atoms with van der Waals surface area (Å²) in [6.07, 6.45) is 2.87. The molecule has 0 spiro atoms. The summed E-state index contributed by atoms with van der Waals surface area (Å²) in [5.74, 6) is -0.270. The van der Waals surface area contributed by atoms with Gasteiger partial charge in [-0.15, -0.1) is 0 Å². The molecule has 0 aromatic carbocycles. The van der Waals surface area contributed by atoms with Crippen molar-refractivity contribution in [1.29, 1.82) is 0 Å². The van der Waals surface area contributed by atoms with E-state index in [9.17, 15) is 14.4 Å². The van der Waals surface area contributed by atoms with Crippen molar-refractivity contribution < 1.29 is 14.3 Å². The van der Waals surface area contributed by atoms with Crippen LogP contribution in [0.5, 0.6) is 0 Å². The number of nitrogens with zero attached hydrogens (tertiary/aromatic N) is 2. The van der Waals surface area contributed by atoms with Crippen molar-refractivity contribution >= 4 is 11.8 Å². The first-order chi connectivity index (χ1) is 10.7. The first kappa shape index (κ1) is 14.8. The number of ether oxygens (including phenoxy) is 1. The topological polar surface area (TPSA) is 82.7 Å². The number of piperazine rings is 1. The maximum atomic E-state index is 12.3. The second-order valence-corrected chi connectivity index (χ2v) is 5.53. The lowest BCUT2D eigenvalue weighted by molar-refractivity contribution is -0.142. The maximum absolute atomic E-state index is 12.3. The Balaban J connectivity index is 1.59. The highest BCUT2D eigenvalue weighted by Crippen LogP contribution is 2.16. The zero-order valence-corrected chi connectivity index (χ0v) is 12.3. The quantitative estimate of drug-likeness (QED) is 0.823. The van der Waals surface area contributed by atoms with Crippen LogP contribution in [0, 0.1) is 0 Å². The number of nitrogens with one attached hydrogen (secondary N) is 1. The number of hydrogen-bond donors (Lipinski definition) is 1. The van der Waals surface area contributed by atoms with Crippen molar-refractivity contribution in [2.75, 3.05) is 32.8 Å². The van der Waals surface area contributed by atoms with Crippen LogP contribution in [0.4, 0.5) is 0 Å². The van der Waals surface area contributed by atoms with Crippen molar-refractivity contribution in [3.8, 4) is 0 Å². The lowest BCUT2D eigenvalue weighted by Gasteiger charge is -2.35. The molecular weight excluding hydrogens is 286 g/mol. The molecule has 0 saturated carbocycles. The largest absolute Gasteiger partial charge is 0.368 e. The van der Waals surface area contributed by atoms with E-state index in [2.05, 4.69) is 4.98 Å². The fourth-order valence-corrected chi connectivity index (χ4v) is 2.87. The van der Waals surface area contributed by atoms with Gasteiger partial charge in [0.2, 0.25) is 0 Å². The van der Waals surface area contributed by atoms with E-state index in [-0.39, 0.29) is 29.0 Å². The molecule has 3 heterocycles. The Hall–Kier alpha value is -2.15. The lowest BCUT2D eigenvalue weighted by Crippen LogP contribution is -2.53. The van der Waals surface area contributed by atoms with Crippen LogP contribution >= 0.6 is 0 Å². The third kappa shape index (κ3) is 2.89. The van der Waals surface area contributed by atoms with E-state index >= 15 is 0 Å². The van der Waals surface area contributed by atoms with E-state index in [1.807, 2.05) is 0 Å². The number of rotatable bonds is 2. The number of aromatic nitrogens is 1. The van der Waals surface area contributed by atoms with Crippen LogP contribution in [0.1, 0.15) is 23.2 Å². The standard InChI is InChI=1S/C15H19N3O4/c19-13-11(3-1-5-16-13)14(20)17-6-8-18(9-7-17)15(21)12-4-2-10-22-12/h1,3,5,12H,2,4,6-10H2,(H,16,19). The number of H-pyrrole nitrogens is 1. The number of aromatic amines is 1. The smallest absolute Gasteiger partial charge is 0.260 e. The van der Waals surface area contributed by atoms with Crippen LogP contribution in [0.25, 0.3) is 0 Å². The Bertz CT molecular complexity index is 613. The highest BCUT2D eigenvalue weighted by atomic mass is 16.5. The molecule has 1 aromatic heterocycles. The second kappa shape index (κ2) is 6.31. The summed E-state index contributed by atoms with van der Waals surface area (Å²) < 4.78 is 5.41. The molecule has 0 aliphatic carbocycles. The van der Waals surface area contributed by atoms with Gasteiger partial charge in [-0.2, -0.15) is 0 Å². The SMILES string of the molecule is O=C(c1ccc[nH]c1=O)N1CCN(C(=O)C2CCCO2)CC1. The molecule has 7 nitrogen and oxygen atoms in total. The number of hydrogen-bond acceptors (Lipinski definition) is 4. The van der Waals surface area contributed by atoms with Crippen LogP contribution in [0.15, 0.2) is 23.1 Å². The lowest BCUT2D eigenvalue weighted by atomic mass is 10.2. The summed E-state index contributed by atoms with van der Waals surface area (Å²) in [6, 6.07) is 3.15. The van der Waals surface area contributed by atoms with E-state index in [1.54, 1.807) is 15.9 Å². The summed E-state index contributed by atoms with van der Waals surface area (Å²) in [5, 5.41) is 0. The molecule has 3 rings (SSSR count). The number of amides is 2. The van der Waals surface area contributed by atoms with Gasteiger partial charge in [0.05, 0.1) is 0 Å². The predicted molar refractivity (Wildman–Crippen MR) is 78.5 cm³/mol. The van der Waals surface area contributed by atoms with Gasteiger partial charge in [0.25, 0.3) is 17.4 Å².